The van der Waals surface area contributed by atoms with Crippen LogP contribution >= 0.6 is 15.9 Å². The molecule has 1 N–H and O–H groups in total. The highest BCUT2D eigenvalue weighted by molar-refractivity contribution is 9.10. The van der Waals surface area contributed by atoms with Crippen LogP contribution in [0.4, 0.5) is 0 Å². The van der Waals surface area contributed by atoms with E-state index in [1.165, 1.54) is 5.56 Å². The summed E-state index contributed by atoms with van der Waals surface area (Å²) in [5.74, 6) is 0.502. The number of aliphatic hydroxyl groups is 1. The highest BCUT2D eigenvalue weighted by atomic mass is 79.9. The maximum Gasteiger partial charge on any atom is 0.0762 e. The Morgan fingerprint density at radius 2 is 2.33 bits per heavy atom. The predicted molar refractivity (Wildman–Crippen MR) is 63.0 cm³/mol. The van der Waals surface area contributed by atoms with Gasteiger partial charge < -0.3 is 9.84 Å². The Balaban J connectivity index is 2.25. The summed E-state index contributed by atoms with van der Waals surface area (Å²) in [4.78, 5) is 0. The van der Waals surface area contributed by atoms with Crippen LogP contribution < -0.4 is 0 Å². The van der Waals surface area contributed by atoms with Crippen molar-refractivity contribution in [3.8, 4) is 0 Å². The lowest BCUT2D eigenvalue weighted by Crippen LogP contribution is -2.00. The molecule has 82 valence electrons. The molecule has 1 heterocycles. The van der Waals surface area contributed by atoms with Crippen LogP contribution in [-0.4, -0.2) is 18.3 Å². The van der Waals surface area contributed by atoms with Crippen LogP contribution in [0, 0.1) is 0 Å². The number of benzene rings is 1. The fourth-order valence-corrected chi connectivity index (χ4v) is 2.63. The third kappa shape index (κ3) is 2.41. The maximum atomic E-state index is 9.46. The van der Waals surface area contributed by atoms with Crippen LogP contribution in [0.2, 0.25) is 0 Å². The first-order valence-corrected chi connectivity index (χ1v) is 6.03. The van der Waals surface area contributed by atoms with Crippen LogP contribution in [0.15, 0.2) is 22.7 Å². The fraction of sp³-hybridized carbons (Fsp3) is 0.500. The Bertz CT molecular complexity index is 343. The molecule has 0 bridgehead atoms. The molecule has 1 saturated heterocycles. The summed E-state index contributed by atoms with van der Waals surface area (Å²) in [6, 6.07) is 6.08. The Kier molecular flexibility index (Phi) is 3.44. The van der Waals surface area contributed by atoms with E-state index in [4.69, 9.17) is 4.74 Å². The van der Waals surface area contributed by atoms with Gasteiger partial charge in [-0.2, -0.15) is 0 Å². The summed E-state index contributed by atoms with van der Waals surface area (Å²) in [5, 5.41) is 9.46. The monoisotopic (exact) mass is 270 g/mol. The molecule has 15 heavy (non-hydrogen) atoms. The van der Waals surface area contributed by atoms with E-state index in [1.54, 1.807) is 6.92 Å². The predicted octanol–water partition coefficient (Wildman–Crippen LogP) is 3.01. The van der Waals surface area contributed by atoms with Gasteiger partial charge in [-0.3, -0.25) is 0 Å². The highest BCUT2D eigenvalue weighted by Crippen LogP contribution is 2.32. The van der Waals surface area contributed by atoms with Gasteiger partial charge in [0.15, 0.2) is 0 Å². The van der Waals surface area contributed by atoms with Crippen molar-refractivity contribution in [1.29, 1.82) is 0 Å². The number of ether oxygens (including phenoxy) is 1. The van der Waals surface area contributed by atoms with Gasteiger partial charge in [0.2, 0.25) is 0 Å². The molecular formula is C12H15BrO2. The molecule has 2 rings (SSSR count). The number of halogens is 1. The smallest absolute Gasteiger partial charge is 0.0762 e. The molecule has 3 heteroatoms. The molecule has 0 radical (unpaired) electrons. The fourth-order valence-electron chi connectivity index (χ4n) is 1.91. The second-order valence-corrected chi connectivity index (χ2v) is 4.87. The average molecular weight is 271 g/mol. The van der Waals surface area contributed by atoms with Gasteiger partial charge in [-0.25, -0.2) is 0 Å². The molecule has 0 amide bonds. The molecule has 1 aliphatic heterocycles. The molecule has 0 aliphatic carbocycles. The van der Waals surface area contributed by atoms with Gasteiger partial charge >= 0.3 is 0 Å². The van der Waals surface area contributed by atoms with Crippen molar-refractivity contribution < 1.29 is 9.84 Å². The Labute approximate surface area is 98.4 Å². The van der Waals surface area contributed by atoms with Crippen molar-refractivity contribution >= 4 is 15.9 Å². The van der Waals surface area contributed by atoms with Crippen molar-refractivity contribution in [2.45, 2.75) is 25.4 Å². The zero-order valence-electron chi connectivity index (χ0n) is 8.74. The van der Waals surface area contributed by atoms with E-state index in [1.807, 2.05) is 12.1 Å². The molecule has 1 aliphatic rings. The highest BCUT2D eigenvalue weighted by Gasteiger charge is 2.20. The molecule has 1 aromatic carbocycles. The third-order valence-electron chi connectivity index (χ3n) is 2.88. The zero-order chi connectivity index (χ0) is 10.8. The van der Waals surface area contributed by atoms with E-state index in [0.29, 0.717) is 5.92 Å². The van der Waals surface area contributed by atoms with Gasteiger partial charge in [0.1, 0.15) is 0 Å². The van der Waals surface area contributed by atoms with Gasteiger partial charge in [-0.05, 0) is 30.5 Å². The summed E-state index contributed by atoms with van der Waals surface area (Å²) >= 11 is 3.56. The molecule has 0 saturated carbocycles. The second-order valence-electron chi connectivity index (χ2n) is 4.02. The van der Waals surface area contributed by atoms with Gasteiger partial charge in [0.05, 0.1) is 12.7 Å². The number of hydrogen-bond donors (Lipinski definition) is 1. The first-order valence-electron chi connectivity index (χ1n) is 5.23. The van der Waals surface area contributed by atoms with Crippen molar-refractivity contribution in [2.75, 3.05) is 13.2 Å². The Morgan fingerprint density at radius 3 is 2.87 bits per heavy atom. The summed E-state index contributed by atoms with van der Waals surface area (Å²) < 4.78 is 6.45. The second kappa shape index (κ2) is 4.64. The van der Waals surface area contributed by atoms with Crippen molar-refractivity contribution in [3.63, 3.8) is 0 Å². The number of hydrogen-bond acceptors (Lipinski definition) is 2. The molecule has 2 atom stereocenters. The van der Waals surface area contributed by atoms with Crippen LogP contribution in [0.5, 0.6) is 0 Å². The van der Waals surface area contributed by atoms with Crippen molar-refractivity contribution in [3.05, 3.63) is 33.8 Å². The normalized spacial score (nSPS) is 23.0. The molecule has 1 fully saturated rings. The molecular weight excluding hydrogens is 256 g/mol. The van der Waals surface area contributed by atoms with Gasteiger partial charge in [-0.1, -0.05) is 28.1 Å². The van der Waals surface area contributed by atoms with Crippen molar-refractivity contribution in [2.24, 2.45) is 0 Å². The van der Waals surface area contributed by atoms with Crippen LogP contribution in [0.1, 0.15) is 36.5 Å². The lowest BCUT2D eigenvalue weighted by molar-refractivity contribution is 0.193. The van der Waals surface area contributed by atoms with E-state index >= 15 is 0 Å². The first-order chi connectivity index (χ1) is 7.18. The average Bonchev–Trinajstić information content (AvgIpc) is 2.70. The topological polar surface area (TPSA) is 29.5 Å². The lowest BCUT2D eigenvalue weighted by atomic mass is 9.96. The molecule has 0 spiro atoms. The quantitative estimate of drug-likeness (QED) is 0.896. The van der Waals surface area contributed by atoms with E-state index in [9.17, 15) is 5.11 Å². The van der Waals surface area contributed by atoms with Crippen LogP contribution in [0.25, 0.3) is 0 Å². The van der Waals surface area contributed by atoms with E-state index in [-0.39, 0.29) is 0 Å². The SMILES string of the molecule is CC(O)c1ccc(C2CCOC2)c(Br)c1. The standard InChI is InChI=1S/C12H15BrO2/c1-8(14)9-2-3-11(12(13)6-9)10-4-5-15-7-10/h2-3,6,8,10,14H,4-5,7H2,1H3. The van der Waals surface area contributed by atoms with Crippen molar-refractivity contribution in [1.82, 2.24) is 0 Å². The number of aliphatic hydroxyl groups excluding tert-OH is 1. The molecule has 2 unspecified atom stereocenters. The Morgan fingerprint density at radius 1 is 1.53 bits per heavy atom. The number of rotatable bonds is 2. The largest absolute Gasteiger partial charge is 0.389 e. The van der Waals surface area contributed by atoms with Gasteiger partial charge in [0, 0.05) is 17.0 Å². The molecule has 1 aromatic rings. The summed E-state index contributed by atoms with van der Waals surface area (Å²) in [6.07, 6.45) is 0.683. The minimum atomic E-state index is -0.407. The molecule has 2 nitrogen and oxygen atoms in total. The maximum absolute atomic E-state index is 9.46. The molecule has 0 aromatic heterocycles. The van der Waals surface area contributed by atoms with Crippen LogP contribution in [0.3, 0.4) is 0 Å². The summed E-state index contributed by atoms with van der Waals surface area (Å²) in [6.45, 7) is 3.45. The minimum Gasteiger partial charge on any atom is -0.389 e. The van der Waals surface area contributed by atoms with Gasteiger partial charge in [-0.15, -0.1) is 0 Å². The van der Waals surface area contributed by atoms with Crippen LogP contribution in [-0.2, 0) is 4.74 Å². The minimum absolute atomic E-state index is 0.407. The van der Waals surface area contributed by atoms with E-state index in [2.05, 4.69) is 22.0 Å². The van der Waals surface area contributed by atoms with E-state index < -0.39 is 6.10 Å². The summed E-state index contributed by atoms with van der Waals surface area (Å²) in [5.41, 5.74) is 2.24. The van der Waals surface area contributed by atoms with Gasteiger partial charge in [0.25, 0.3) is 0 Å². The zero-order valence-corrected chi connectivity index (χ0v) is 10.3. The van der Waals surface area contributed by atoms with E-state index in [0.717, 1.165) is 29.7 Å². The summed E-state index contributed by atoms with van der Waals surface area (Å²) in [7, 11) is 0. The Hall–Kier alpha value is -0.380. The third-order valence-corrected chi connectivity index (χ3v) is 3.56. The lowest BCUT2D eigenvalue weighted by Gasteiger charge is -2.13. The first kappa shape index (κ1) is 11.1.